The van der Waals surface area contributed by atoms with E-state index in [1.54, 1.807) is 18.2 Å². The second-order valence-corrected chi connectivity index (χ2v) is 6.84. The van der Waals surface area contributed by atoms with Crippen molar-refractivity contribution < 1.29 is 17.9 Å². The van der Waals surface area contributed by atoms with E-state index in [9.17, 15) is 13.2 Å². The number of para-hydroxylation sites is 1. The molecular formula is C21H27F3N2O. The summed E-state index contributed by atoms with van der Waals surface area (Å²) in [6, 6.07) is 14.7. The Morgan fingerprint density at radius 2 is 1.59 bits per heavy atom. The van der Waals surface area contributed by atoms with Gasteiger partial charge in [-0.05, 0) is 37.7 Å². The van der Waals surface area contributed by atoms with Crippen LogP contribution in [0.5, 0.6) is 5.75 Å². The summed E-state index contributed by atoms with van der Waals surface area (Å²) in [5.41, 5.74) is 2.93. The molecule has 0 saturated carbocycles. The zero-order valence-electron chi connectivity index (χ0n) is 16.1. The van der Waals surface area contributed by atoms with Crippen molar-refractivity contribution in [1.82, 2.24) is 9.80 Å². The monoisotopic (exact) mass is 380 g/mol. The van der Waals surface area contributed by atoms with Gasteiger partial charge in [0.15, 0.2) is 0 Å². The largest absolute Gasteiger partial charge is 0.573 e. The minimum atomic E-state index is -4.69. The van der Waals surface area contributed by atoms with Gasteiger partial charge in [-0.2, -0.15) is 0 Å². The van der Waals surface area contributed by atoms with Gasteiger partial charge in [-0.1, -0.05) is 49.4 Å². The Kier molecular flexibility index (Phi) is 7.68. The van der Waals surface area contributed by atoms with E-state index in [1.807, 2.05) is 20.2 Å². The van der Waals surface area contributed by atoms with Crippen LogP contribution in [0.1, 0.15) is 23.6 Å². The molecular weight excluding hydrogens is 353 g/mol. The van der Waals surface area contributed by atoms with Crippen LogP contribution in [-0.2, 0) is 19.5 Å². The average molecular weight is 380 g/mol. The molecule has 3 nitrogen and oxygen atoms in total. The van der Waals surface area contributed by atoms with Crippen molar-refractivity contribution in [2.75, 3.05) is 27.2 Å². The van der Waals surface area contributed by atoms with Gasteiger partial charge in [0.05, 0.1) is 0 Å². The van der Waals surface area contributed by atoms with Crippen LogP contribution in [0.15, 0.2) is 48.5 Å². The number of likely N-dealkylation sites (N-methyl/N-ethyl adjacent to an activating group) is 1. The van der Waals surface area contributed by atoms with Gasteiger partial charge in [0.2, 0.25) is 0 Å². The number of nitrogens with zero attached hydrogens (tertiary/aromatic N) is 2. The minimum Gasteiger partial charge on any atom is -0.405 e. The predicted octanol–water partition coefficient (Wildman–Crippen LogP) is 4.71. The lowest BCUT2D eigenvalue weighted by Gasteiger charge is -2.25. The number of halogens is 3. The smallest absolute Gasteiger partial charge is 0.405 e. The zero-order chi connectivity index (χ0) is 19.9. The van der Waals surface area contributed by atoms with Crippen LogP contribution in [0.2, 0.25) is 0 Å². The summed E-state index contributed by atoms with van der Waals surface area (Å²) in [6.07, 6.45) is -3.74. The number of hydrogen-bond acceptors (Lipinski definition) is 3. The molecule has 0 N–H and O–H groups in total. The van der Waals surface area contributed by atoms with Crippen LogP contribution in [0, 0.1) is 0 Å². The van der Waals surface area contributed by atoms with Gasteiger partial charge in [0.25, 0.3) is 0 Å². The molecule has 0 aromatic heterocycles. The molecule has 6 heteroatoms. The summed E-state index contributed by atoms with van der Waals surface area (Å²) in [7, 11) is 3.97. The number of benzene rings is 2. The van der Waals surface area contributed by atoms with Gasteiger partial charge < -0.3 is 9.64 Å². The molecule has 0 saturated heterocycles. The van der Waals surface area contributed by atoms with Crippen molar-refractivity contribution in [3.63, 3.8) is 0 Å². The van der Waals surface area contributed by atoms with Gasteiger partial charge in [-0.15, -0.1) is 13.2 Å². The molecule has 0 spiro atoms. The first-order chi connectivity index (χ1) is 12.8. The topological polar surface area (TPSA) is 15.7 Å². The summed E-state index contributed by atoms with van der Waals surface area (Å²) in [5.74, 6) is -0.137. The zero-order valence-corrected chi connectivity index (χ0v) is 16.1. The van der Waals surface area contributed by atoms with Gasteiger partial charge in [-0.3, -0.25) is 4.90 Å². The molecule has 0 amide bonds. The predicted molar refractivity (Wildman–Crippen MR) is 102 cm³/mol. The SMILES string of the molecule is CCc1cccc(CN(CCN(C)C)Cc2ccccc2OC(F)(F)F)c1. The van der Waals surface area contributed by atoms with Crippen LogP contribution in [-0.4, -0.2) is 43.3 Å². The minimum absolute atomic E-state index is 0.137. The van der Waals surface area contributed by atoms with E-state index in [1.165, 1.54) is 11.6 Å². The lowest BCUT2D eigenvalue weighted by molar-refractivity contribution is -0.275. The first-order valence-electron chi connectivity index (χ1n) is 9.05. The Morgan fingerprint density at radius 3 is 2.26 bits per heavy atom. The molecule has 0 radical (unpaired) electrons. The van der Waals surface area contributed by atoms with Crippen molar-refractivity contribution in [1.29, 1.82) is 0 Å². The molecule has 0 aliphatic heterocycles. The highest BCUT2D eigenvalue weighted by molar-refractivity contribution is 5.33. The molecule has 0 fully saturated rings. The third-order valence-electron chi connectivity index (χ3n) is 4.26. The molecule has 2 aromatic carbocycles. The number of hydrogen-bond donors (Lipinski definition) is 0. The quantitative estimate of drug-likeness (QED) is 0.627. The van der Waals surface area contributed by atoms with Crippen molar-refractivity contribution in [3.8, 4) is 5.75 Å². The maximum absolute atomic E-state index is 12.7. The molecule has 0 heterocycles. The maximum Gasteiger partial charge on any atom is 0.573 e. The third kappa shape index (κ3) is 7.61. The van der Waals surface area contributed by atoms with E-state index in [2.05, 4.69) is 39.7 Å². The van der Waals surface area contributed by atoms with Crippen LogP contribution >= 0.6 is 0 Å². The first-order valence-corrected chi connectivity index (χ1v) is 9.05. The van der Waals surface area contributed by atoms with Crippen LogP contribution in [0.25, 0.3) is 0 Å². The highest BCUT2D eigenvalue weighted by atomic mass is 19.4. The van der Waals surface area contributed by atoms with E-state index >= 15 is 0 Å². The Hall–Kier alpha value is -2.05. The fourth-order valence-corrected chi connectivity index (χ4v) is 2.86. The normalized spacial score (nSPS) is 12.0. The molecule has 2 aromatic rings. The van der Waals surface area contributed by atoms with Crippen molar-refractivity contribution >= 4 is 0 Å². The summed E-state index contributed by atoms with van der Waals surface area (Å²) in [6.45, 7) is 4.71. The van der Waals surface area contributed by atoms with Crippen LogP contribution < -0.4 is 4.74 Å². The van der Waals surface area contributed by atoms with Gasteiger partial charge in [0, 0.05) is 31.7 Å². The van der Waals surface area contributed by atoms with E-state index in [4.69, 9.17) is 0 Å². The molecule has 0 atom stereocenters. The molecule has 27 heavy (non-hydrogen) atoms. The number of ether oxygens (including phenoxy) is 1. The summed E-state index contributed by atoms with van der Waals surface area (Å²) in [4.78, 5) is 4.21. The second kappa shape index (κ2) is 9.76. The molecule has 0 unspecified atom stereocenters. The molecule has 0 aliphatic rings. The second-order valence-electron chi connectivity index (χ2n) is 6.84. The highest BCUT2D eigenvalue weighted by Crippen LogP contribution is 2.27. The summed E-state index contributed by atoms with van der Waals surface area (Å²) >= 11 is 0. The van der Waals surface area contributed by atoms with E-state index in [0.717, 1.165) is 25.1 Å². The Labute approximate surface area is 159 Å². The Bertz CT molecular complexity index is 717. The summed E-state index contributed by atoms with van der Waals surface area (Å²) < 4.78 is 42.3. The average Bonchev–Trinajstić information content (AvgIpc) is 2.60. The van der Waals surface area contributed by atoms with Crippen LogP contribution in [0.4, 0.5) is 13.2 Å². The van der Waals surface area contributed by atoms with Crippen molar-refractivity contribution in [3.05, 3.63) is 65.2 Å². The maximum atomic E-state index is 12.7. The van der Waals surface area contributed by atoms with Gasteiger partial charge in [-0.25, -0.2) is 0 Å². The first kappa shape index (κ1) is 21.3. The lowest BCUT2D eigenvalue weighted by atomic mass is 10.1. The molecule has 2 rings (SSSR count). The van der Waals surface area contributed by atoms with E-state index in [0.29, 0.717) is 18.7 Å². The highest BCUT2D eigenvalue weighted by Gasteiger charge is 2.32. The van der Waals surface area contributed by atoms with Crippen LogP contribution in [0.3, 0.4) is 0 Å². The standard InChI is InChI=1S/C21H27F3N2O/c1-4-17-8-7-9-18(14-17)15-26(13-12-25(2)3)16-19-10-5-6-11-20(19)27-21(22,23)24/h5-11,14H,4,12-13,15-16H2,1-3H3. The fourth-order valence-electron chi connectivity index (χ4n) is 2.86. The molecule has 0 bridgehead atoms. The lowest BCUT2D eigenvalue weighted by Crippen LogP contribution is -2.31. The Balaban J connectivity index is 2.19. The van der Waals surface area contributed by atoms with Crippen molar-refractivity contribution in [2.45, 2.75) is 32.8 Å². The summed E-state index contributed by atoms with van der Waals surface area (Å²) in [5, 5.41) is 0. The number of alkyl halides is 3. The van der Waals surface area contributed by atoms with E-state index in [-0.39, 0.29) is 5.75 Å². The van der Waals surface area contributed by atoms with E-state index < -0.39 is 6.36 Å². The van der Waals surface area contributed by atoms with Gasteiger partial charge in [0.1, 0.15) is 5.75 Å². The Morgan fingerprint density at radius 1 is 0.889 bits per heavy atom. The number of rotatable bonds is 9. The number of aryl methyl sites for hydroxylation is 1. The molecule has 0 aliphatic carbocycles. The van der Waals surface area contributed by atoms with Crippen molar-refractivity contribution in [2.24, 2.45) is 0 Å². The van der Waals surface area contributed by atoms with Gasteiger partial charge >= 0.3 is 6.36 Å². The molecule has 148 valence electrons. The fraction of sp³-hybridized carbons (Fsp3) is 0.429. The third-order valence-corrected chi connectivity index (χ3v) is 4.26.